The van der Waals surface area contributed by atoms with Gasteiger partial charge in [-0.05, 0) is 60.3 Å². The lowest BCUT2D eigenvalue weighted by Gasteiger charge is -2.40. The fourth-order valence-electron chi connectivity index (χ4n) is 4.29. The average molecular weight is 462 g/mol. The molecule has 3 rings (SSSR count). The second-order valence-electron chi connectivity index (χ2n) is 8.08. The third-order valence-corrected chi connectivity index (χ3v) is 6.59. The Kier molecular flexibility index (Phi) is 7.25. The molecular weight excluding hydrogens is 434 g/mol. The van der Waals surface area contributed by atoms with Crippen LogP contribution in [0, 0.1) is 17.2 Å². The molecule has 2 fully saturated rings. The average Bonchev–Trinajstić information content (AvgIpc) is 2.75. The number of halogens is 1. The molecule has 0 spiro atoms. The highest BCUT2D eigenvalue weighted by atomic mass is 79.9. The van der Waals surface area contributed by atoms with Gasteiger partial charge in [0, 0.05) is 24.3 Å². The smallest absolute Gasteiger partial charge is 0.237 e. The minimum atomic E-state index is -0.671. The van der Waals surface area contributed by atoms with Gasteiger partial charge in [0.1, 0.15) is 11.4 Å². The van der Waals surface area contributed by atoms with E-state index in [0.717, 1.165) is 56.0 Å². The van der Waals surface area contributed by atoms with Crippen molar-refractivity contribution in [2.75, 3.05) is 32.0 Å². The van der Waals surface area contributed by atoms with Gasteiger partial charge in [-0.1, -0.05) is 19.3 Å². The van der Waals surface area contributed by atoms with E-state index in [1.54, 1.807) is 24.2 Å². The summed E-state index contributed by atoms with van der Waals surface area (Å²) in [5, 5.41) is 12.6. The summed E-state index contributed by atoms with van der Waals surface area (Å²) in [4.78, 5) is 33.4. The second kappa shape index (κ2) is 9.68. The topological polar surface area (TPSA) is 89.3 Å². The van der Waals surface area contributed by atoms with E-state index in [1.807, 2.05) is 11.0 Å². The molecule has 29 heavy (non-hydrogen) atoms. The molecule has 1 aliphatic carbocycles. The Balaban J connectivity index is 1.56. The van der Waals surface area contributed by atoms with Gasteiger partial charge in [-0.25, -0.2) is 4.98 Å². The Bertz CT molecular complexity index is 770. The molecular formula is C21H28BrN5O2. The molecule has 1 atom stereocenters. The van der Waals surface area contributed by atoms with E-state index >= 15 is 0 Å². The number of likely N-dealkylation sites (N-methyl/N-ethyl adjacent to an activating group) is 1. The third kappa shape index (κ3) is 5.34. The number of hydrogen-bond acceptors (Lipinski definition) is 5. The van der Waals surface area contributed by atoms with Crippen molar-refractivity contribution in [2.24, 2.45) is 5.92 Å². The number of nitriles is 1. The molecule has 2 aliphatic rings. The Morgan fingerprint density at radius 3 is 2.76 bits per heavy atom. The zero-order valence-corrected chi connectivity index (χ0v) is 18.4. The summed E-state index contributed by atoms with van der Waals surface area (Å²) in [6.07, 6.45) is 7.91. The van der Waals surface area contributed by atoms with Gasteiger partial charge in [0.25, 0.3) is 0 Å². The predicted molar refractivity (Wildman–Crippen MR) is 114 cm³/mol. The van der Waals surface area contributed by atoms with Crippen molar-refractivity contribution < 1.29 is 9.59 Å². The van der Waals surface area contributed by atoms with E-state index in [4.69, 9.17) is 0 Å². The third-order valence-electron chi connectivity index (χ3n) is 6.12. The quantitative estimate of drug-likeness (QED) is 0.726. The standard InChI is InChI=1S/C21H28BrN5O2/c1-26(21(15-23)9-3-2-4-10-21)19(28)14-27-11-5-6-16(13-27)20(29)25-18-8-7-17(22)12-24-18/h7-8,12,16H,2-6,9-11,13-14H2,1H3,(H,24,25,29). The fraction of sp³-hybridized carbons (Fsp3) is 0.619. The van der Waals surface area contributed by atoms with Gasteiger partial charge >= 0.3 is 0 Å². The molecule has 0 radical (unpaired) electrons. The van der Waals surface area contributed by atoms with Crippen LogP contribution in [-0.4, -0.2) is 58.8 Å². The van der Waals surface area contributed by atoms with Crippen molar-refractivity contribution in [3.8, 4) is 6.07 Å². The number of aromatic nitrogens is 1. The molecule has 1 aromatic rings. The van der Waals surface area contributed by atoms with Gasteiger partial charge in [-0.15, -0.1) is 0 Å². The number of amides is 2. The van der Waals surface area contributed by atoms with Gasteiger partial charge in [-0.2, -0.15) is 5.26 Å². The number of nitrogens with zero attached hydrogens (tertiary/aromatic N) is 4. The van der Waals surface area contributed by atoms with E-state index < -0.39 is 5.54 Å². The van der Waals surface area contributed by atoms with E-state index in [1.165, 1.54) is 0 Å². The predicted octanol–water partition coefficient (Wildman–Crippen LogP) is 3.18. The SMILES string of the molecule is CN(C(=O)CN1CCCC(C(=O)Nc2ccc(Br)cn2)C1)C1(C#N)CCCCC1. The van der Waals surface area contributed by atoms with Gasteiger partial charge < -0.3 is 10.2 Å². The number of likely N-dealkylation sites (tertiary alicyclic amines) is 1. The van der Waals surface area contributed by atoms with Gasteiger partial charge in [0.2, 0.25) is 11.8 Å². The highest BCUT2D eigenvalue weighted by Crippen LogP contribution is 2.32. The van der Waals surface area contributed by atoms with Gasteiger partial charge in [0.05, 0.1) is 18.5 Å². The van der Waals surface area contributed by atoms with Crippen molar-refractivity contribution >= 4 is 33.6 Å². The van der Waals surface area contributed by atoms with Crippen LogP contribution < -0.4 is 5.32 Å². The summed E-state index contributed by atoms with van der Waals surface area (Å²) < 4.78 is 0.857. The summed E-state index contributed by atoms with van der Waals surface area (Å²) in [5.41, 5.74) is -0.671. The highest BCUT2D eigenvalue weighted by molar-refractivity contribution is 9.10. The lowest BCUT2D eigenvalue weighted by molar-refractivity contribution is -0.137. The number of anilines is 1. The minimum absolute atomic E-state index is 0.0379. The molecule has 1 aromatic heterocycles. The van der Waals surface area contributed by atoms with E-state index in [-0.39, 0.29) is 24.3 Å². The largest absolute Gasteiger partial charge is 0.326 e. The number of carbonyl (C=O) groups excluding carboxylic acids is 2. The molecule has 156 valence electrons. The van der Waals surface area contributed by atoms with Crippen LogP contribution in [0.2, 0.25) is 0 Å². The molecule has 8 heteroatoms. The first-order valence-electron chi connectivity index (χ1n) is 10.3. The van der Waals surface area contributed by atoms with Crippen LogP contribution in [0.5, 0.6) is 0 Å². The molecule has 1 aliphatic heterocycles. The molecule has 7 nitrogen and oxygen atoms in total. The molecule has 1 saturated heterocycles. The number of nitrogens with one attached hydrogen (secondary N) is 1. The van der Waals surface area contributed by atoms with Crippen LogP contribution in [0.15, 0.2) is 22.8 Å². The van der Waals surface area contributed by atoms with Crippen LogP contribution in [0.1, 0.15) is 44.9 Å². The van der Waals surface area contributed by atoms with Crippen molar-refractivity contribution in [1.29, 1.82) is 5.26 Å². The fourth-order valence-corrected chi connectivity index (χ4v) is 4.52. The Labute approximate surface area is 180 Å². The summed E-state index contributed by atoms with van der Waals surface area (Å²) in [5.74, 6) is 0.251. The molecule has 0 bridgehead atoms. The van der Waals surface area contributed by atoms with Crippen LogP contribution in [0.25, 0.3) is 0 Å². The number of piperidine rings is 1. The lowest BCUT2D eigenvalue weighted by Crippen LogP contribution is -2.53. The van der Waals surface area contributed by atoms with E-state index in [9.17, 15) is 14.9 Å². The van der Waals surface area contributed by atoms with Crippen molar-refractivity contribution in [3.05, 3.63) is 22.8 Å². The maximum absolute atomic E-state index is 12.9. The number of pyridine rings is 1. The van der Waals surface area contributed by atoms with Crippen molar-refractivity contribution in [3.63, 3.8) is 0 Å². The van der Waals surface area contributed by atoms with Crippen molar-refractivity contribution in [1.82, 2.24) is 14.8 Å². The maximum atomic E-state index is 12.9. The first kappa shape index (κ1) is 21.7. The number of hydrogen-bond donors (Lipinski definition) is 1. The summed E-state index contributed by atoms with van der Waals surface area (Å²) >= 11 is 3.33. The van der Waals surface area contributed by atoms with Crippen LogP contribution in [-0.2, 0) is 9.59 Å². The molecule has 1 saturated carbocycles. The van der Waals surface area contributed by atoms with Gasteiger partial charge in [-0.3, -0.25) is 14.5 Å². The Morgan fingerprint density at radius 2 is 2.10 bits per heavy atom. The zero-order chi connectivity index (χ0) is 20.9. The molecule has 1 unspecified atom stereocenters. The highest BCUT2D eigenvalue weighted by Gasteiger charge is 2.39. The monoisotopic (exact) mass is 461 g/mol. The maximum Gasteiger partial charge on any atom is 0.237 e. The second-order valence-corrected chi connectivity index (χ2v) is 9.00. The van der Waals surface area contributed by atoms with Gasteiger partial charge in [0.15, 0.2) is 0 Å². The Morgan fingerprint density at radius 1 is 1.34 bits per heavy atom. The Hall–Kier alpha value is -1.98. The lowest BCUT2D eigenvalue weighted by atomic mass is 9.81. The molecule has 1 N–H and O–H groups in total. The summed E-state index contributed by atoms with van der Waals surface area (Å²) in [6, 6.07) is 6.00. The summed E-state index contributed by atoms with van der Waals surface area (Å²) in [7, 11) is 1.75. The number of carbonyl (C=O) groups is 2. The van der Waals surface area contributed by atoms with E-state index in [0.29, 0.717) is 12.4 Å². The van der Waals surface area contributed by atoms with Crippen LogP contribution >= 0.6 is 15.9 Å². The van der Waals surface area contributed by atoms with E-state index in [2.05, 4.69) is 32.3 Å². The number of rotatable bonds is 5. The first-order valence-corrected chi connectivity index (χ1v) is 11.1. The molecule has 0 aromatic carbocycles. The summed E-state index contributed by atoms with van der Waals surface area (Å²) in [6.45, 7) is 1.58. The normalized spacial score (nSPS) is 21.8. The minimum Gasteiger partial charge on any atom is -0.326 e. The van der Waals surface area contributed by atoms with Crippen molar-refractivity contribution in [2.45, 2.75) is 50.5 Å². The molecule has 2 amide bonds. The zero-order valence-electron chi connectivity index (χ0n) is 16.9. The first-order chi connectivity index (χ1) is 13.9. The molecule has 2 heterocycles. The van der Waals surface area contributed by atoms with Crippen LogP contribution in [0.3, 0.4) is 0 Å². The van der Waals surface area contributed by atoms with Crippen LogP contribution in [0.4, 0.5) is 5.82 Å².